The summed E-state index contributed by atoms with van der Waals surface area (Å²) in [4.78, 5) is 8.12. The van der Waals surface area contributed by atoms with Gasteiger partial charge in [-0.2, -0.15) is 0 Å². The molecule has 0 radical (unpaired) electrons. The topological polar surface area (TPSA) is 61.0 Å². The van der Waals surface area contributed by atoms with Crippen LogP contribution in [0.5, 0.6) is 5.75 Å². The molecular weight excluding hydrogens is 226 g/mol. The van der Waals surface area contributed by atoms with Crippen molar-refractivity contribution in [2.75, 3.05) is 6.61 Å². The first-order chi connectivity index (χ1) is 8.86. The zero-order valence-corrected chi connectivity index (χ0v) is 10.0. The van der Waals surface area contributed by atoms with Crippen LogP contribution in [0.4, 0.5) is 0 Å². The molecule has 2 heterocycles. The fourth-order valence-electron chi connectivity index (χ4n) is 2.30. The second-order valence-corrected chi connectivity index (χ2v) is 4.40. The highest BCUT2D eigenvalue weighted by Crippen LogP contribution is 2.33. The normalized spacial score (nSPS) is 15.6. The molecule has 18 heavy (non-hydrogen) atoms. The third-order valence-corrected chi connectivity index (χ3v) is 3.22. The third kappa shape index (κ3) is 1.95. The molecule has 1 aliphatic rings. The zero-order chi connectivity index (χ0) is 12.4. The Morgan fingerprint density at radius 2 is 2.22 bits per heavy atom. The number of ether oxygens (including phenoxy) is 1. The van der Waals surface area contributed by atoms with Gasteiger partial charge in [-0.25, -0.2) is 9.97 Å². The van der Waals surface area contributed by atoms with Gasteiger partial charge in [0.15, 0.2) is 0 Å². The molecule has 0 bridgehead atoms. The first kappa shape index (κ1) is 11.2. The van der Waals surface area contributed by atoms with Gasteiger partial charge in [-0.3, -0.25) is 0 Å². The maximum absolute atomic E-state index is 6.27. The summed E-state index contributed by atoms with van der Waals surface area (Å²) in [5.74, 6) is 0.940. The molecule has 92 valence electrons. The smallest absolute Gasteiger partial charge is 0.127 e. The highest BCUT2D eigenvalue weighted by Gasteiger charge is 2.20. The van der Waals surface area contributed by atoms with E-state index in [1.165, 1.54) is 11.9 Å². The van der Waals surface area contributed by atoms with Gasteiger partial charge in [0.1, 0.15) is 12.1 Å². The van der Waals surface area contributed by atoms with E-state index in [1.54, 1.807) is 6.20 Å². The van der Waals surface area contributed by atoms with E-state index in [0.717, 1.165) is 36.5 Å². The van der Waals surface area contributed by atoms with Crippen molar-refractivity contribution in [1.29, 1.82) is 0 Å². The predicted molar refractivity (Wildman–Crippen MR) is 68.3 cm³/mol. The van der Waals surface area contributed by atoms with Crippen LogP contribution in [0.1, 0.15) is 29.3 Å². The predicted octanol–water partition coefficient (Wildman–Crippen LogP) is 1.85. The lowest BCUT2D eigenvalue weighted by Gasteiger charge is -2.23. The van der Waals surface area contributed by atoms with Crippen LogP contribution in [0.25, 0.3) is 0 Å². The first-order valence-electron chi connectivity index (χ1n) is 6.12. The third-order valence-electron chi connectivity index (χ3n) is 3.22. The van der Waals surface area contributed by atoms with Crippen LogP contribution in [0.3, 0.4) is 0 Å². The zero-order valence-electron chi connectivity index (χ0n) is 10.0. The molecular formula is C14H15N3O. The summed E-state index contributed by atoms with van der Waals surface area (Å²) in [6.45, 7) is 0.764. The van der Waals surface area contributed by atoms with Crippen molar-refractivity contribution >= 4 is 0 Å². The number of fused-ring (bicyclic) bond motifs is 1. The molecule has 0 aliphatic carbocycles. The first-order valence-corrected chi connectivity index (χ1v) is 6.12. The Hall–Kier alpha value is -1.94. The van der Waals surface area contributed by atoms with E-state index in [0.29, 0.717) is 0 Å². The Kier molecular flexibility index (Phi) is 2.94. The number of hydrogen-bond acceptors (Lipinski definition) is 4. The van der Waals surface area contributed by atoms with Gasteiger partial charge in [0.05, 0.1) is 18.3 Å². The Morgan fingerprint density at radius 1 is 1.28 bits per heavy atom. The van der Waals surface area contributed by atoms with Gasteiger partial charge < -0.3 is 10.5 Å². The molecule has 1 unspecified atom stereocenters. The lowest BCUT2D eigenvalue weighted by molar-refractivity contribution is 0.284. The lowest BCUT2D eigenvalue weighted by Crippen LogP contribution is -2.18. The van der Waals surface area contributed by atoms with Gasteiger partial charge in [0, 0.05) is 11.8 Å². The molecule has 3 rings (SSSR count). The van der Waals surface area contributed by atoms with E-state index in [4.69, 9.17) is 10.5 Å². The summed E-state index contributed by atoms with van der Waals surface area (Å²) in [6.07, 6.45) is 5.35. The van der Waals surface area contributed by atoms with Crippen LogP contribution in [0, 0.1) is 0 Å². The molecule has 0 saturated heterocycles. The van der Waals surface area contributed by atoms with Crippen LogP contribution >= 0.6 is 0 Å². The van der Waals surface area contributed by atoms with Crippen molar-refractivity contribution in [3.63, 3.8) is 0 Å². The summed E-state index contributed by atoms with van der Waals surface area (Å²) < 4.78 is 5.77. The summed E-state index contributed by atoms with van der Waals surface area (Å²) in [5.41, 5.74) is 9.33. The van der Waals surface area contributed by atoms with Crippen molar-refractivity contribution in [1.82, 2.24) is 9.97 Å². The van der Waals surface area contributed by atoms with Gasteiger partial charge in [-0.1, -0.05) is 18.2 Å². The van der Waals surface area contributed by atoms with E-state index in [1.807, 2.05) is 18.2 Å². The van der Waals surface area contributed by atoms with Gasteiger partial charge >= 0.3 is 0 Å². The van der Waals surface area contributed by atoms with Crippen LogP contribution in [0.15, 0.2) is 36.8 Å². The Labute approximate surface area is 106 Å². The maximum atomic E-state index is 6.27. The molecule has 1 aromatic carbocycles. The average Bonchev–Trinajstić information content (AvgIpc) is 2.47. The van der Waals surface area contributed by atoms with Crippen molar-refractivity contribution in [3.05, 3.63) is 53.6 Å². The molecule has 2 N–H and O–H groups in total. The number of aryl methyl sites for hydroxylation is 1. The summed E-state index contributed by atoms with van der Waals surface area (Å²) >= 11 is 0. The average molecular weight is 241 g/mol. The van der Waals surface area contributed by atoms with Crippen molar-refractivity contribution in [3.8, 4) is 5.75 Å². The Bertz CT molecular complexity index is 542. The highest BCUT2D eigenvalue weighted by molar-refractivity contribution is 5.46. The minimum atomic E-state index is -0.263. The molecule has 1 atom stereocenters. The van der Waals surface area contributed by atoms with E-state index in [-0.39, 0.29) is 6.04 Å². The van der Waals surface area contributed by atoms with Crippen LogP contribution < -0.4 is 10.5 Å². The number of benzene rings is 1. The van der Waals surface area contributed by atoms with Crippen molar-refractivity contribution in [2.24, 2.45) is 5.73 Å². The Morgan fingerprint density at radius 3 is 3.06 bits per heavy atom. The Balaban J connectivity index is 2.02. The van der Waals surface area contributed by atoms with Gasteiger partial charge in [0.2, 0.25) is 0 Å². The van der Waals surface area contributed by atoms with Gasteiger partial charge in [0.25, 0.3) is 0 Å². The summed E-state index contributed by atoms with van der Waals surface area (Å²) in [6, 6.07) is 7.72. The number of para-hydroxylation sites is 1. The number of aromatic nitrogens is 2. The molecule has 4 nitrogen and oxygen atoms in total. The summed E-state index contributed by atoms with van der Waals surface area (Å²) in [5, 5.41) is 0. The van der Waals surface area contributed by atoms with E-state index in [9.17, 15) is 0 Å². The second kappa shape index (κ2) is 4.74. The van der Waals surface area contributed by atoms with Crippen LogP contribution in [0.2, 0.25) is 0 Å². The SMILES string of the molecule is NC(c1ccncn1)c1cccc2c1OCCC2. The second-order valence-electron chi connectivity index (χ2n) is 4.40. The standard InChI is InChI=1S/C14H15N3O/c15-13(12-6-7-16-9-17-12)11-5-1-3-10-4-2-8-18-14(10)11/h1,3,5-7,9,13H,2,4,8,15H2. The van der Waals surface area contributed by atoms with Gasteiger partial charge in [-0.15, -0.1) is 0 Å². The number of hydrogen-bond donors (Lipinski definition) is 1. The minimum Gasteiger partial charge on any atom is -0.493 e. The molecule has 0 saturated carbocycles. The maximum Gasteiger partial charge on any atom is 0.127 e. The largest absolute Gasteiger partial charge is 0.493 e. The van der Waals surface area contributed by atoms with E-state index < -0.39 is 0 Å². The number of nitrogens with two attached hydrogens (primary N) is 1. The van der Waals surface area contributed by atoms with Gasteiger partial charge in [-0.05, 0) is 24.5 Å². The molecule has 2 aromatic rings. The quantitative estimate of drug-likeness (QED) is 0.871. The molecule has 0 spiro atoms. The molecule has 0 fully saturated rings. The molecule has 1 aliphatic heterocycles. The van der Waals surface area contributed by atoms with E-state index in [2.05, 4.69) is 16.0 Å². The van der Waals surface area contributed by atoms with Crippen molar-refractivity contribution in [2.45, 2.75) is 18.9 Å². The van der Waals surface area contributed by atoms with Crippen molar-refractivity contribution < 1.29 is 4.74 Å². The monoisotopic (exact) mass is 241 g/mol. The summed E-state index contributed by atoms with van der Waals surface area (Å²) in [7, 11) is 0. The fourth-order valence-corrected chi connectivity index (χ4v) is 2.30. The fraction of sp³-hybridized carbons (Fsp3) is 0.286. The molecule has 0 amide bonds. The number of rotatable bonds is 2. The van der Waals surface area contributed by atoms with E-state index >= 15 is 0 Å². The molecule has 1 aromatic heterocycles. The molecule has 4 heteroatoms. The highest BCUT2D eigenvalue weighted by atomic mass is 16.5. The number of nitrogens with zero attached hydrogens (tertiary/aromatic N) is 2. The van der Waals surface area contributed by atoms with Crippen LogP contribution in [-0.4, -0.2) is 16.6 Å². The minimum absolute atomic E-state index is 0.263. The van der Waals surface area contributed by atoms with Crippen LogP contribution in [-0.2, 0) is 6.42 Å². The lowest BCUT2D eigenvalue weighted by atomic mass is 9.97.